The van der Waals surface area contributed by atoms with Gasteiger partial charge < -0.3 is 5.32 Å². The molecule has 0 aliphatic heterocycles. The summed E-state index contributed by atoms with van der Waals surface area (Å²) in [7, 11) is 1.45. The number of likely N-dealkylation sites (N-methyl/N-ethyl adjacent to an activating group) is 1. The Hall–Kier alpha value is -1.65. The smallest absolute Gasteiger partial charge is 0.277 e. The van der Waals surface area contributed by atoms with Gasteiger partial charge in [-0.2, -0.15) is 0 Å². The highest BCUT2D eigenvalue weighted by atomic mass is 16.6. The van der Waals surface area contributed by atoms with Crippen molar-refractivity contribution in [3.05, 3.63) is 33.5 Å². The van der Waals surface area contributed by atoms with Gasteiger partial charge in [-0.25, -0.2) is 0 Å². The fourth-order valence-electron chi connectivity index (χ4n) is 1.18. The molecule has 0 saturated carbocycles. The number of amides is 1. The summed E-state index contributed by atoms with van der Waals surface area (Å²) >= 11 is 0. The molecule has 5 nitrogen and oxygen atoms in total. The van der Waals surface area contributed by atoms with Crippen LogP contribution in [0.15, 0.2) is 23.4 Å². The highest BCUT2D eigenvalue weighted by molar-refractivity contribution is 5.97. The van der Waals surface area contributed by atoms with Crippen LogP contribution < -0.4 is 5.32 Å². The summed E-state index contributed by atoms with van der Waals surface area (Å²) in [5.41, 5.74) is 0.0735. The van der Waals surface area contributed by atoms with E-state index in [1.54, 1.807) is 6.08 Å². The molecule has 0 heterocycles. The van der Waals surface area contributed by atoms with E-state index in [0.717, 1.165) is 0 Å². The second-order valence-corrected chi connectivity index (χ2v) is 2.62. The normalized spacial score (nSPS) is 15.8. The number of carbonyl (C=O) groups excluding carboxylic acids is 1. The maximum absolute atomic E-state index is 11.2. The van der Waals surface area contributed by atoms with Crippen molar-refractivity contribution in [2.24, 2.45) is 0 Å². The molecular weight excluding hydrogens is 172 g/mol. The Labute approximate surface area is 75.3 Å². The summed E-state index contributed by atoms with van der Waals surface area (Å²) in [6, 6.07) is 0. The van der Waals surface area contributed by atoms with Crippen molar-refractivity contribution in [3.8, 4) is 0 Å². The average Bonchev–Trinajstić information content (AvgIpc) is 2.16. The molecule has 5 heteroatoms. The van der Waals surface area contributed by atoms with Crippen LogP contribution in [0.25, 0.3) is 0 Å². The molecule has 0 atom stereocenters. The Bertz CT molecular complexity index is 305. The third-order valence-electron chi connectivity index (χ3n) is 1.80. The van der Waals surface area contributed by atoms with Crippen LogP contribution in [0.3, 0.4) is 0 Å². The van der Waals surface area contributed by atoms with Crippen molar-refractivity contribution in [1.29, 1.82) is 0 Å². The molecule has 1 aliphatic rings. The number of hydrogen-bond acceptors (Lipinski definition) is 3. The lowest BCUT2D eigenvalue weighted by atomic mass is 10.0. The Morgan fingerprint density at radius 3 is 2.69 bits per heavy atom. The highest BCUT2D eigenvalue weighted by Gasteiger charge is 2.24. The van der Waals surface area contributed by atoms with Gasteiger partial charge in [0.25, 0.3) is 11.6 Å². The van der Waals surface area contributed by atoms with Crippen LogP contribution in [0.4, 0.5) is 0 Å². The van der Waals surface area contributed by atoms with E-state index in [0.29, 0.717) is 12.8 Å². The number of allylic oxidation sites excluding steroid dienone is 2. The molecule has 1 N–H and O–H groups in total. The van der Waals surface area contributed by atoms with Crippen LogP contribution in [-0.2, 0) is 4.79 Å². The van der Waals surface area contributed by atoms with Gasteiger partial charge in [0.1, 0.15) is 5.57 Å². The van der Waals surface area contributed by atoms with Gasteiger partial charge in [-0.1, -0.05) is 6.08 Å². The van der Waals surface area contributed by atoms with E-state index in [1.165, 1.54) is 13.1 Å². The predicted octanol–water partition coefficient (Wildman–Crippen LogP) is 0.613. The van der Waals surface area contributed by atoms with E-state index >= 15 is 0 Å². The fourth-order valence-corrected chi connectivity index (χ4v) is 1.18. The maximum Gasteiger partial charge on any atom is 0.277 e. The molecule has 0 aromatic heterocycles. The second kappa shape index (κ2) is 3.84. The van der Waals surface area contributed by atoms with Crippen LogP contribution in [0, 0.1) is 10.1 Å². The minimum atomic E-state index is -0.528. The van der Waals surface area contributed by atoms with E-state index in [1.807, 2.05) is 0 Å². The summed E-state index contributed by atoms with van der Waals surface area (Å²) in [6.45, 7) is 0. The number of carbonyl (C=O) groups is 1. The molecule has 0 aromatic carbocycles. The molecule has 0 fully saturated rings. The molecular formula is C8H10N2O3. The average molecular weight is 182 g/mol. The van der Waals surface area contributed by atoms with Crippen molar-refractivity contribution < 1.29 is 9.72 Å². The fraction of sp³-hybridized carbons (Fsp3) is 0.375. The van der Waals surface area contributed by atoms with E-state index < -0.39 is 10.8 Å². The quantitative estimate of drug-likeness (QED) is 0.502. The molecule has 1 aliphatic carbocycles. The van der Waals surface area contributed by atoms with Crippen molar-refractivity contribution in [2.75, 3.05) is 7.05 Å². The lowest BCUT2D eigenvalue weighted by molar-refractivity contribution is -0.420. The molecule has 0 aromatic rings. The molecule has 0 unspecified atom stereocenters. The minimum Gasteiger partial charge on any atom is -0.355 e. The number of hydrogen-bond donors (Lipinski definition) is 1. The zero-order valence-electron chi connectivity index (χ0n) is 7.24. The van der Waals surface area contributed by atoms with Crippen molar-refractivity contribution in [3.63, 3.8) is 0 Å². The van der Waals surface area contributed by atoms with Gasteiger partial charge in [0.15, 0.2) is 0 Å². The zero-order valence-corrected chi connectivity index (χ0v) is 7.24. The molecule has 13 heavy (non-hydrogen) atoms. The monoisotopic (exact) mass is 182 g/mol. The van der Waals surface area contributed by atoms with Crippen molar-refractivity contribution >= 4 is 5.91 Å². The minimum absolute atomic E-state index is 0.0920. The Balaban J connectivity index is 2.94. The topological polar surface area (TPSA) is 72.2 Å². The lowest BCUT2D eigenvalue weighted by Gasteiger charge is -2.07. The highest BCUT2D eigenvalue weighted by Crippen LogP contribution is 2.18. The van der Waals surface area contributed by atoms with E-state index in [9.17, 15) is 14.9 Å². The first-order chi connectivity index (χ1) is 6.16. The van der Waals surface area contributed by atoms with Crippen LogP contribution in [0.5, 0.6) is 0 Å². The second-order valence-electron chi connectivity index (χ2n) is 2.62. The first-order valence-electron chi connectivity index (χ1n) is 3.94. The summed E-state index contributed by atoms with van der Waals surface area (Å²) in [5, 5.41) is 12.9. The number of rotatable bonds is 2. The molecule has 70 valence electrons. The summed E-state index contributed by atoms with van der Waals surface area (Å²) < 4.78 is 0. The Kier molecular flexibility index (Phi) is 2.79. The maximum atomic E-state index is 11.2. The molecule has 1 rings (SSSR count). The molecule has 0 saturated heterocycles. The molecule has 0 spiro atoms. The van der Waals surface area contributed by atoms with Crippen LogP contribution in [0.2, 0.25) is 0 Å². The first-order valence-corrected chi connectivity index (χ1v) is 3.94. The number of nitrogens with one attached hydrogen (secondary N) is 1. The van der Waals surface area contributed by atoms with Gasteiger partial charge in [0.05, 0.1) is 4.92 Å². The van der Waals surface area contributed by atoms with E-state index in [-0.39, 0.29) is 11.3 Å². The SMILES string of the molecule is CNC(=O)C1=CCCC=C1[N+](=O)[O-]. The third kappa shape index (κ3) is 1.93. The predicted molar refractivity (Wildman–Crippen MR) is 46.5 cm³/mol. The third-order valence-corrected chi connectivity index (χ3v) is 1.80. The summed E-state index contributed by atoms with van der Waals surface area (Å²) in [5.74, 6) is -0.400. The number of nitro groups is 1. The Morgan fingerprint density at radius 1 is 1.54 bits per heavy atom. The van der Waals surface area contributed by atoms with Crippen LogP contribution >= 0.6 is 0 Å². The Morgan fingerprint density at radius 2 is 2.15 bits per heavy atom. The standard InChI is InChI=1S/C8H10N2O3/c1-9-8(11)6-4-2-3-5-7(6)10(12)13/h4-5H,2-3H2,1H3,(H,9,11). The van der Waals surface area contributed by atoms with Gasteiger partial charge in [-0.3, -0.25) is 14.9 Å². The zero-order chi connectivity index (χ0) is 9.84. The summed E-state index contributed by atoms with van der Waals surface area (Å²) in [4.78, 5) is 21.1. The van der Waals surface area contributed by atoms with Gasteiger partial charge >= 0.3 is 0 Å². The molecule has 1 amide bonds. The van der Waals surface area contributed by atoms with E-state index in [4.69, 9.17) is 0 Å². The lowest BCUT2D eigenvalue weighted by Crippen LogP contribution is -2.24. The number of nitrogens with zero attached hydrogens (tertiary/aromatic N) is 1. The van der Waals surface area contributed by atoms with Gasteiger partial charge in [-0.05, 0) is 18.9 Å². The largest absolute Gasteiger partial charge is 0.355 e. The van der Waals surface area contributed by atoms with Crippen molar-refractivity contribution in [1.82, 2.24) is 5.32 Å². The van der Waals surface area contributed by atoms with Crippen molar-refractivity contribution in [2.45, 2.75) is 12.8 Å². The molecule has 0 radical (unpaired) electrons. The summed E-state index contributed by atoms with van der Waals surface area (Å²) in [6.07, 6.45) is 4.37. The molecule has 0 bridgehead atoms. The van der Waals surface area contributed by atoms with Gasteiger partial charge in [-0.15, -0.1) is 0 Å². The van der Waals surface area contributed by atoms with Gasteiger partial charge in [0, 0.05) is 7.05 Å². The van der Waals surface area contributed by atoms with Crippen LogP contribution in [-0.4, -0.2) is 17.9 Å². The van der Waals surface area contributed by atoms with Crippen LogP contribution in [0.1, 0.15) is 12.8 Å². The van der Waals surface area contributed by atoms with Gasteiger partial charge in [0.2, 0.25) is 0 Å². The van der Waals surface area contributed by atoms with E-state index in [2.05, 4.69) is 5.32 Å². The first kappa shape index (κ1) is 9.44.